The largest absolute Gasteiger partial charge is 0.378 e. The third kappa shape index (κ3) is 4.52. The smallest absolute Gasteiger partial charge is 0.350 e. The molecule has 0 aliphatic carbocycles. The highest BCUT2D eigenvalue weighted by atomic mass is 32.2. The van der Waals surface area contributed by atoms with Crippen molar-refractivity contribution in [2.75, 3.05) is 24.3 Å². The molecule has 0 spiro atoms. The Morgan fingerprint density at radius 2 is 1.88 bits per heavy atom. The Labute approximate surface area is 189 Å². The van der Waals surface area contributed by atoms with Crippen molar-refractivity contribution in [3.8, 4) is 0 Å². The molecule has 0 radical (unpaired) electrons. The minimum absolute atomic E-state index is 0.191. The molecule has 9 heteroatoms. The number of nitrogens with one attached hydrogen (secondary N) is 1. The molecule has 4 rings (SSSR count). The summed E-state index contributed by atoms with van der Waals surface area (Å²) in [6.45, 7) is 3.89. The van der Waals surface area contributed by atoms with Crippen LogP contribution in [-0.4, -0.2) is 39.2 Å². The van der Waals surface area contributed by atoms with E-state index in [1.165, 1.54) is 21.7 Å². The van der Waals surface area contributed by atoms with Crippen LogP contribution < -0.4 is 15.9 Å². The van der Waals surface area contributed by atoms with Gasteiger partial charge in [0.2, 0.25) is 5.91 Å². The van der Waals surface area contributed by atoms with Crippen molar-refractivity contribution in [1.82, 2.24) is 19.2 Å². The van der Waals surface area contributed by atoms with E-state index >= 15 is 0 Å². The van der Waals surface area contributed by atoms with Crippen LogP contribution >= 0.6 is 11.8 Å². The van der Waals surface area contributed by atoms with Gasteiger partial charge in [-0.1, -0.05) is 29.5 Å². The summed E-state index contributed by atoms with van der Waals surface area (Å²) in [6, 6.07) is 13.6. The van der Waals surface area contributed by atoms with Gasteiger partial charge in [0, 0.05) is 42.8 Å². The van der Waals surface area contributed by atoms with Gasteiger partial charge in [-0.3, -0.25) is 4.79 Å². The van der Waals surface area contributed by atoms with E-state index in [0.717, 1.165) is 20.8 Å². The second kappa shape index (κ2) is 8.88. The van der Waals surface area contributed by atoms with Gasteiger partial charge in [0.05, 0.1) is 0 Å². The van der Waals surface area contributed by atoms with Crippen LogP contribution in [0.5, 0.6) is 0 Å². The number of amides is 1. The number of fused-ring (bicyclic) bond motifs is 1. The van der Waals surface area contributed by atoms with Crippen LogP contribution in [0.15, 0.2) is 69.6 Å². The molecule has 0 fully saturated rings. The Kier molecular flexibility index (Phi) is 6.00. The number of hydrogen-bond acceptors (Lipinski definition) is 6. The Morgan fingerprint density at radius 1 is 1.12 bits per heavy atom. The molecule has 8 nitrogen and oxygen atoms in total. The lowest BCUT2D eigenvalue weighted by molar-refractivity contribution is -0.117. The second-order valence-electron chi connectivity index (χ2n) is 7.73. The molecule has 0 saturated carbocycles. The van der Waals surface area contributed by atoms with Gasteiger partial charge < -0.3 is 10.2 Å². The predicted molar refractivity (Wildman–Crippen MR) is 127 cm³/mol. The van der Waals surface area contributed by atoms with Crippen molar-refractivity contribution < 1.29 is 4.79 Å². The summed E-state index contributed by atoms with van der Waals surface area (Å²) in [4.78, 5) is 32.8. The molecule has 1 N–H and O–H groups in total. The van der Waals surface area contributed by atoms with E-state index in [-0.39, 0.29) is 18.1 Å². The first-order valence-electron chi connectivity index (χ1n) is 10.1. The molecule has 0 aliphatic rings. The zero-order chi connectivity index (χ0) is 22.8. The summed E-state index contributed by atoms with van der Waals surface area (Å²) < 4.78 is 2.57. The number of aromatic nitrogens is 4. The highest BCUT2D eigenvalue weighted by molar-refractivity contribution is 7.99. The van der Waals surface area contributed by atoms with Crippen molar-refractivity contribution in [3.05, 3.63) is 76.5 Å². The molecule has 164 valence electrons. The lowest BCUT2D eigenvalue weighted by Crippen LogP contribution is -2.28. The number of benzene rings is 2. The molecule has 1 amide bonds. The summed E-state index contributed by atoms with van der Waals surface area (Å²) in [5, 5.41) is 7.81. The first kappa shape index (κ1) is 21.6. The molecule has 2 aromatic carbocycles. The number of carbonyl (C=O) groups excluding carboxylic acids is 1. The average molecular weight is 449 g/mol. The molecule has 0 atom stereocenters. The molecule has 0 unspecified atom stereocenters. The summed E-state index contributed by atoms with van der Waals surface area (Å²) in [5.41, 5.74) is 4.03. The van der Waals surface area contributed by atoms with Gasteiger partial charge in [-0.2, -0.15) is 0 Å². The fourth-order valence-corrected chi connectivity index (χ4v) is 4.21. The summed E-state index contributed by atoms with van der Waals surface area (Å²) in [7, 11) is 3.90. The standard InChI is InChI=1S/C23H24N6O2S/c1-15-5-10-19(16(2)13-15)32-22-21-26-29(23(31)28(21)12-11-24-22)14-20(30)25-17-6-8-18(9-7-17)27(3)4/h5-13H,14H2,1-4H3,(H,25,30). The Balaban J connectivity index is 1.56. The van der Waals surface area contributed by atoms with Crippen LogP contribution in [-0.2, 0) is 11.3 Å². The Morgan fingerprint density at radius 3 is 2.56 bits per heavy atom. The molecule has 0 aliphatic heterocycles. The van der Waals surface area contributed by atoms with E-state index in [1.54, 1.807) is 12.4 Å². The van der Waals surface area contributed by atoms with Crippen LogP contribution in [0.2, 0.25) is 0 Å². The van der Waals surface area contributed by atoms with Crippen molar-refractivity contribution in [2.24, 2.45) is 0 Å². The van der Waals surface area contributed by atoms with E-state index in [1.807, 2.05) is 69.2 Å². The van der Waals surface area contributed by atoms with Gasteiger partial charge in [0.1, 0.15) is 11.6 Å². The fourth-order valence-electron chi connectivity index (χ4n) is 3.30. The summed E-state index contributed by atoms with van der Waals surface area (Å²) in [5.74, 6) is -0.329. The monoisotopic (exact) mass is 448 g/mol. The average Bonchev–Trinajstić information content (AvgIpc) is 3.07. The van der Waals surface area contributed by atoms with Gasteiger partial charge in [-0.25, -0.2) is 18.9 Å². The van der Waals surface area contributed by atoms with E-state index in [2.05, 4.69) is 21.5 Å². The van der Waals surface area contributed by atoms with Gasteiger partial charge in [-0.05, 0) is 49.7 Å². The van der Waals surface area contributed by atoms with Crippen LogP contribution in [0.3, 0.4) is 0 Å². The van der Waals surface area contributed by atoms with Crippen molar-refractivity contribution in [3.63, 3.8) is 0 Å². The molecule has 2 aromatic heterocycles. The maximum atomic E-state index is 12.8. The van der Waals surface area contributed by atoms with Crippen molar-refractivity contribution >= 4 is 34.7 Å². The number of hydrogen-bond donors (Lipinski definition) is 1. The predicted octanol–water partition coefficient (Wildman–Crippen LogP) is 3.36. The lowest BCUT2D eigenvalue weighted by Gasteiger charge is -2.13. The summed E-state index contributed by atoms with van der Waals surface area (Å²) in [6.07, 6.45) is 3.13. The van der Waals surface area contributed by atoms with Crippen molar-refractivity contribution in [2.45, 2.75) is 30.3 Å². The van der Waals surface area contributed by atoms with Crippen molar-refractivity contribution in [1.29, 1.82) is 0 Å². The lowest BCUT2D eigenvalue weighted by atomic mass is 10.2. The topological polar surface area (TPSA) is 84.5 Å². The molecular weight excluding hydrogens is 424 g/mol. The zero-order valence-electron chi connectivity index (χ0n) is 18.4. The zero-order valence-corrected chi connectivity index (χ0v) is 19.2. The first-order valence-corrected chi connectivity index (χ1v) is 10.9. The molecule has 4 aromatic rings. The molecular formula is C23H24N6O2S. The van der Waals surface area contributed by atoms with Gasteiger partial charge in [0.15, 0.2) is 5.65 Å². The maximum Gasteiger partial charge on any atom is 0.350 e. The number of anilines is 2. The van der Waals surface area contributed by atoms with E-state index in [9.17, 15) is 9.59 Å². The highest BCUT2D eigenvalue weighted by Gasteiger charge is 2.16. The number of carbonyl (C=O) groups is 1. The SMILES string of the molecule is Cc1ccc(Sc2nccn3c(=O)n(CC(=O)Nc4ccc(N(C)C)cc4)nc23)c(C)c1. The number of rotatable bonds is 6. The quantitative estimate of drug-likeness (QED) is 0.487. The fraction of sp³-hybridized carbons (Fsp3) is 0.217. The van der Waals surface area contributed by atoms with Gasteiger partial charge >= 0.3 is 5.69 Å². The van der Waals surface area contributed by atoms with Crippen LogP contribution in [0, 0.1) is 13.8 Å². The van der Waals surface area contributed by atoms with E-state index < -0.39 is 0 Å². The first-order chi connectivity index (χ1) is 15.3. The summed E-state index contributed by atoms with van der Waals surface area (Å²) >= 11 is 1.45. The molecule has 32 heavy (non-hydrogen) atoms. The third-order valence-corrected chi connectivity index (χ3v) is 6.13. The molecule has 0 saturated heterocycles. The van der Waals surface area contributed by atoms with Crippen LogP contribution in [0.25, 0.3) is 5.65 Å². The third-order valence-electron chi connectivity index (χ3n) is 4.97. The van der Waals surface area contributed by atoms with E-state index in [4.69, 9.17) is 0 Å². The molecule has 2 heterocycles. The maximum absolute atomic E-state index is 12.8. The minimum Gasteiger partial charge on any atom is -0.378 e. The highest BCUT2D eigenvalue weighted by Crippen LogP contribution is 2.31. The van der Waals surface area contributed by atoms with Crippen LogP contribution in [0.4, 0.5) is 11.4 Å². The second-order valence-corrected chi connectivity index (χ2v) is 8.76. The van der Waals surface area contributed by atoms with Gasteiger partial charge in [-0.15, -0.1) is 5.10 Å². The van der Waals surface area contributed by atoms with E-state index in [0.29, 0.717) is 16.4 Å². The minimum atomic E-state index is -0.386. The number of aryl methyl sites for hydroxylation is 2. The molecule has 0 bridgehead atoms. The van der Waals surface area contributed by atoms with Gasteiger partial charge in [0.25, 0.3) is 0 Å². The Hall–Kier alpha value is -3.59. The van der Waals surface area contributed by atoms with Crippen LogP contribution in [0.1, 0.15) is 11.1 Å². The Bertz CT molecular complexity index is 1340. The normalized spacial score (nSPS) is 11.0. The number of nitrogens with zero attached hydrogens (tertiary/aromatic N) is 5.